The SMILES string of the molecule is CC1CCCN(C(=O)NCC(c2ccsc2)N(C)C)C1. The van der Waals surface area contributed by atoms with E-state index in [1.54, 1.807) is 11.3 Å². The van der Waals surface area contributed by atoms with Gasteiger partial charge in [0.15, 0.2) is 0 Å². The fourth-order valence-corrected chi connectivity index (χ4v) is 3.44. The number of amides is 2. The molecule has 1 aromatic rings. The third-order valence-corrected chi connectivity index (χ3v) is 4.64. The van der Waals surface area contributed by atoms with Gasteiger partial charge in [-0.05, 0) is 55.2 Å². The van der Waals surface area contributed by atoms with Gasteiger partial charge in [0.25, 0.3) is 0 Å². The molecule has 0 bridgehead atoms. The minimum absolute atomic E-state index is 0.0821. The van der Waals surface area contributed by atoms with Gasteiger partial charge in [-0.1, -0.05) is 6.92 Å². The summed E-state index contributed by atoms with van der Waals surface area (Å²) in [7, 11) is 4.11. The van der Waals surface area contributed by atoms with Crippen LogP contribution in [-0.4, -0.2) is 49.6 Å². The first-order valence-electron chi connectivity index (χ1n) is 7.29. The van der Waals surface area contributed by atoms with Crippen molar-refractivity contribution in [2.45, 2.75) is 25.8 Å². The maximum atomic E-state index is 12.2. The Morgan fingerprint density at radius 3 is 3.00 bits per heavy atom. The molecule has 2 atom stereocenters. The summed E-state index contributed by atoms with van der Waals surface area (Å²) in [5.41, 5.74) is 1.27. The van der Waals surface area contributed by atoms with E-state index >= 15 is 0 Å². The molecule has 0 aromatic carbocycles. The van der Waals surface area contributed by atoms with Crippen LogP contribution in [0.3, 0.4) is 0 Å². The Kier molecular flexibility index (Phi) is 5.43. The molecule has 20 heavy (non-hydrogen) atoms. The van der Waals surface area contributed by atoms with E-state index in [1.807, 2.05) is 4.90 Å². The summed E-state index contributed by atoms with van der Waals surface area (Å²) in [5.74, 6) is 0.621. The van der Waals surface area contributed by atoms with Gasteiger partial charge in [-0.2, -0.15) is 11.3 Å². The third-order valence-electron chi connectivity index (χ3n) is 3.94. The van der Waals surface area contributed by atoms with Crippen LogP contribution in [0.5, 0.6) is 0 Å². The monoisotopic (exact) mass is 295 g/mol. The summed E-state index contributed by atoms with van der Waals surface area (Å²) in [4.78, 5) is 16.3. The molecule has 4 nitrogen and oxygen atoms in total. The topological polar surface area (TPSA) is 35.6 Å². The number of carbonyl (C=O) groups is 1. The Bertz CT molecular complexity index is 419. The molecule has 2 amide bonds. The van der Waals surface area contributed by atoms with Gasteiger partial charge in [-0.25, -0.2) is 4.79 Å². The van der Waals surface area contributed by atoms with Crippen molar-refractivity contribution in [3.8, 4) is 0 Å². The number of nitrogens with zero attached hydrogens (tertiary/aromatic N) is 2. The van der Waals surface area contributed by atoms with Gasteiger partial charge in [-0.3, -0.25) is 0 Å². The smallest absolute Gasteiger partial charge is 0.317 e. The zero-order valence-electron chi connectivity index (χ0n) is 12.6. The van der Waals surface area contributed by atoms with Crippen molar-refractivity contribution in [2.24, 2.45) is 5.92 Å². The predicted molar refractivity (Wildman–Crippen MR) is 84.1 cm³/mol. The quantitative estimate of drug-likeness (QED) is 0.927. The minimum Gasteiger partial charge on any atom is -0.336 e. The first kappa shape index (κ1) is 15.3. The number of likely N-dealkylation sites (tertiary alicyclic amines) is 1. The van der Waals surface area contributed by atoms with Gasteiger partial charge >= 0.3 is 6.03 Å². The maximum absolute atomic E-state index is 12.2. The van der Waals surface area contributed by atoms with Crippen molar-refractivity contribution in [3.63, 3.8) is 0 Å². The van der Waals surface area contributed by atoms with Gasteiger partial charge in [0.05, 0.1) is 6.04 Å². The number of hydrogen-bond acceptors (Lipinski definition) is 3. The molecule has 0 aliphatic carbocycles. The molecule has 1 saturated heterocycles. The highest BCUT2D eigenvalue weighted by Gasteiger charge is 2.22. The van der Waals surface area contributed by atoms with Crippen LogP contribution in [0.15, 0.2) is 16.8 Å². The predicted octanol–water partition coefficient (Wildman–Crippen LogP) is 2.79. The number of rotatable bonds is 4. The first-order chi connectivity index (χ1) is 9.58. The molecule has 0 radical (unpaired) electrons. The van der Waals surface area contributed by atoms with Crippen LogP contribution >= 0.6 is 11.3 Å². The average Bonchev–Trinajstić information content (AvgIpc) is 2.92. The minimum atomic E-state index is 0.0821. The van der Waals surface area contributed by atoms with Crippen LogP contribution in [0.4, 0.5) is 4.79 Å². The molecule has 0 spiro atoms. The highest BCUT2D eigenvalue weighted by molar-refractivity contribution is 7.07. The molecule has 2 unspecified atom stereocenters. The van der Waals surface area contributed by atoms with Crippen LogP contribution < -0.4 is 5.32 Å². The van der Waals surface area contributed by atoms with Crippen LogP contribution in [0, 0.1) is 5.92 Å². The number of urea groups is 1. The van der Waals surface area contributed by atoms with Crippen molar-refractivity contribution >= 4 is 17.4 Å². The molecule has 5 heteroatoms. The van der Waals surface area contributed by atoms with E-state index < -0.39 is 0 Å². The van der Waals surface area contributed by atoms with Crippen LogP contribution in [-0.2, 0) is 0 Å². The number of nitrogens with one attached hydrogen (secondary N) is 1. The van der Waals surface area contributed by atoms with Gasteiger partial charge in [0.2, 0.25) is 0 Å². The number of piperidine rings is 1. The lowest BCUT2D eigenvalue weighted by Gasteiger charge is -2.32. The fourth-order valence-electron chi connectivity index (χ4n) is 2.73. The fraction of sp³-hybridized carbons (Fsp3) is 0.667. The van der Waals surface area contributed by atoms with Crippen LogP contribution in [0.1, 0.15) is 31.4 Å². The summed E-state index contributed by atoms with van der Waals surface area (Å²) >= 11 is 1.70. The van der Waals surface area contributed by atoms with E-state index in [0.717, 1.165) is 19.5 Å². The second-order valence-corrected chi connectivity index (χ2v) is 6.70. The van der Waals surface area contributed by atoms with E-state index in [1.165, 1.54) is 12.0 Å². The normalized spacial score (nSPS) is 21.0. The summed E-state index contributed by atoms with van der Waals surface area (Å²) in [6.45, 7) is 4.65. The Hall–Kier alpha value is -1.07. The van der Waals surface area contributed by atoms with E-state index in [2.05, 4.69) is 48.1 Å². The lowest BCUT2D eigenvalue weighted by atomic mass is 10.0. The molecule has 1 fully saturated rings. The number of thiophene rings is 1. The zero-order chi connectivity index (χ0) is 14.5. The maximum Gasteiger partial charge on any atom is 0.317 e. The molecule has 112 valence electrons. The largest absolute Gasteiger partial charge is 0.336 e. The number of likely N-dealkylation sites (N-methyl/N-ethyl adjacent to an activating group) is 1. The van der Waals surface area contributed by atoms with Gasteiger partial charge in [0.1, 0.15) is 0 Å². The molecule has 2 rings (SSSR count). The van der Waals surface area contributed by atoms with Crippen molar-refractivity contribution in [3.05, 3.63) is 22.4 Å². The summed E-state index contributed by atoms with van der Waals surface area (Å²) in [6.07, 6.45) is 2.36. The molecule has 1 aliphatic rings. The third kappa shape index (κ3) is 3.96. The van der Waals surface area contributed by atoms with Crippen molar-refractivity contribution < 1.29 is 4.79 Å². The van der Waals surface area contributed by atoms with Gasteiger partial charge in [-0.15, -0.1) is 0 Å². The lowest BCUT2D eigenvalue weighted by molar-refractivity contribution is 0.166. The lowest BCUT2D eigenvalue weighted by Crippen LogP contribution is -2.46. The van der Waals surface area contributed by atoms with Crippen LogP contribution in [0.25, 0.3) is 0 Å². The molecule has 0 saturated carbocycles. The van der Waals surface area contributed by atoms with Crippen LogP contribution in [0.2, 0.25) is 0 Å². The number of carbonyl (C=O) groups excluding carboxylic acids is 1. The molecule has 1 aliphatic heterocycles. The molecule has 1 N–H and O–H groups in total. The van der Waals surface area contributed by atoms with E-state index in [4.69, 9.17) is 0 Å². The Balaban J connectivity index is 1.87. The first-order valence-corrected chi connectivity index (χ1v) is 8.23. The Morgan fingerprint density at radius 2 is 2.40 bits per heavy atom. The second-order valence-electron chi connectivity index (χ2n) is 5.92. The second kappa shape index (κ2) is 7.09. The van der Waals surface area contributed by atoms with Gasteiger partial charge < -0.3 is 15.1 Å². The summed E-state index contributed by atoms with van der Waals surface area (Å²) in [5, 5.41) is 7.33. The standard InChI is InChI=1S/C15H25N3OS/c1-12-5-4-7-18(10-12)15(19)16-9-14(17(2)3)13-6-8-20-11-13/h6,8,11-12,14H,4-5,7,9-10H2,1-3H3,(H,16,19). The average molecular weight is 295 g/mol. The van der Waals surface area contributed by atoms with Crippen molar-refractivity contribution in [1.82, 2.24) is 15.1 Å². The summed E-state index contributed by atoms with van der Waals surface area (Å²) in [6, 6.07) is 2.45. The Morgan fingerprint density at radius 1 is 1.60 bits per heavy atom. The van der Waals surface area contributed by atoms with Crippen molar-refractivity contribution in [1.29, 1.82) is 0 Å². The van der Waals surface area contributed by atoms with E-state index in [9.17, 15) is 4.79 Å². The summed E-state index contributed by atoms with van der Waals surface area (Å²) < 4.78 is 0. The van der Waals surface area contributed by atoms with E-state index in [0.29, 0.717) is 12.5 Å². The molecule has 2 heterocycles. The number of hydrogen-bond donors (Lipinski definition) is 1. The molecular formula is C15H25N3OS. The highest BCUT2D eigenvalue weighted by Crippen LogP contribution is 2.20. The Labute approximate surface area is 125 Å². The van der Waals surface area contributed by atoms with Crippen molar-refractivity contribution in [2.75, 3.05) is 33.7 Å². The zero-order valence-corrected chi connectivity index (χ0v) is 13.4. The highest BCUT2D eigenvalue weighted by atomic mass is 32.1. The molecular weight excluding hydrogens is 270 g/mol. The molecule has 1 aromatic heterocycles. The van der Waals surface area contributed by atoms with E-state index in [-0.39, 0.29) is 12.1 Å². The van der Waals surface area contributed by atoms with Gasteiger partial charge in [0, 0.05) is 19.6 Å².